The smallest absolute Gasteiger partial charge is 0.326 e. The van der Waals surface area contributed by atoms with Crippen molar-refractivity contribution in [3.63, 3.8) is 0 Å². The number of carbonyl (C=O) groups is 2. The summed E-state index contributed by atoms with van der Waals surface area (Å²) in [7, 11) is 1.57. The molecule has 32 heavy (non-hydrogen) atoms. The van der Waals surface area contributed by atoms with E-state index in [0.29, 0.717) is 11.3 Å². The number of methoxy groups -OCH3 is 1. The van der Waals surface area contributed by atoms with Crippen LogP contribution in [-0.2, 0) is 15.6 Å². The molecular weight excluding hydrogens is 404 g/mol. The van der Waals surface area contributed by atoms with Crippen molar-refractivity contribution < 1.29 is 19.4 Å². The number of imide groups is 1. The first-order valence-electron chi connectivity index (χ1n) is 10.8. The summed E-state index contributed by atoms with van der Waals surface area (Å²) in [6.07, 6.45) is 3.72. The molecule has 2 aliphatic rings. The van der Waals surface area contributed by atoms with Gasteiger partial charge in [0, 0.05) is 17.2 Å². The van der Waals surface area contributed by atoms with Gasteiger partial charge in [-0.15, -0.1) is 0 Å². The Kier molecular flexibility index (Phi) is 5.07. The van der Waals surface area contributed by atoms with Crippen LogP contribution in [-0.4, -0.2) is 24.2 Å². The zero-order valence-corrected chi connectivity index (χ0v) is 19.5. The number of nitrogens with one attached hydrogen (secondary N) is 2. The highest BCUT2D eigenvalue weighted by Crippen LogP contribution is 2.48. The van der Waals surface area contributed by atoms with Crippen LogP contribution in [0.1, 0.15) is 62.8 Å². The highest BCUT2D eigenvalue weighted by Gasteiger charge is 2.37. The van der Waals surface area contributed by atoms with Crippen LogP contribution in [0.15, 0.2) is 30.0 Å². The van der Waals surface area contributed by atoms with Gasteiger partial charge in [-0.2, -0.15) is 0 Å². The molecule has 6 heteroatoms. The Morgan fingerprint density at radius 1 is 0.938 bits per heavy atom. The Morgan fingerprint density at radius 3 is 2.12 bits per heavy atom. The van der Waals surface area contributed by atoms with Crippen molar-refractivity contribution in [2.24, 2.45) is 0 Å². The fraction of sp³-hybridized carbons (Fsp3) is 0.385. The Hall–Kier alpha value is -3.28. The molecule has 0 aromatic heterocycles. The Balaban J connectivity index is 1.91. The maximum Gasteiger partial charge on any atom is 0.326 e. The number of ether oxygens (including phenoxy) is 1. The van der Waals surface area contributed by atoms with Crippen LogP contribution >= 0.6 is 0 Å². The molecular formula is C26H30N2O4. The van der Waals surface area contributed by atoms with E-state index in [2.05, 4.69) is 57.4 Å². The second-order valence-corrected chi connectivity index (χ2v) is 10.1. The number of carbonyl (C=O) groups excluding carboxylic acids is 2. The molecule has 0 saturated carbocycles. The molecule has 4 rings (SSSR count). The Morgan fingerprint density at radius 2 is 1.56 bits per heavy atom. The van der Waals surface area contributed by atoms with Crippen molar-refractivity contribution >= 4 is 18.0 Å². The van der Waals surface area contributed by atoms with Crippen molar-refractivity contribution in [2.45, 2.75) is 58.3 Å². The number of fused-ring (bicyclic) bond motifs is 1. The third-order valence-corrected chi connectivity index (χ3v) is 6.86. The van der Waals surface area contributed by atoms with Crippen LogP contribution in [0.25, 0.3) is 17.2 Å². The molecule has 1 aliphatic heterocycles. The Labute approximate surface area is 188 Å². The van der Waals surface area contributed by atoms with E-state index in [1.165, 1.54) is 17.2 Å². The normalized spacial score (nSPS) is 20.0. The van der Waals surface area contributed by atoms with Gasteiger partial charge in [-0.1, -0.05) is 33.8 Å². The number of hydrogen-bond donors (Lipinski definition) is 3. The monoisotopic (exact) mass is 434 g/mol. The van der Waals surface area contributed by atoms with Crippen LogP contribution in [0.4, 0.5) is 4.79 Å². The first kappa shape index (κ1) is 21.9. The molecule has 168 valence electrons. The molecule has 0 radical (unpaired) electrons. The average molecular weight is 435 g/mol. The summed E-state index contributed by atoms with van der Waals surface area (Å²) in [6, 6.07) is 7.30. The second-order valence-electron chi connectivity index (χ2n) is 10.1. The Bertz CT molecular complexity index is 1170. The fourth-order valence-corrected chi connectivity index (χ4v) is 4.73. The number of rotatable bonds is 3. The van der Waals surface area contributed by atoms with Gasteiger partial charge in [0.05, 0.1) is 7.11 Å². The minimum Gasteiger partial charge on any atom is -0.507 e. The lowest BCUT2D eigenvalue weighted by Crippen LogP contribution is -2.34. The highest BCUT2D eigenvalue weighted by molar-refractivity contribution is 6.14. The summed E-state index contributed by atoms with van der Waals surface area (Å²) in [6.45, 7) is 11.2. The molecule has 0 bridgehead atoms. The molecule has 1 saturated heterocycles. The van der Waals surface area contributed by atoms with Crippen molar-refractivity contribution in [1.82, 2.24) is 10.6 Å². The number of urea groups is 1. The molecule has 6 nitrogen and oxygen atoms in total. The lowest BCUT2D eigenvalue weighted by Gasteiger charge is -2.42. The second kappa shape index (κ2) is 7.40. The molecule has 3 amide bonds. The largest absolute Gasteiger partial charge is 0.507 e. The van der Waals surface area contributed by atoms with E-state index >= 15 is 0 Å². The van der Waals surface area contributed by atoms with Crippen LogP contribution in [0.2, 0.25) is 0 Å². The average Bonchev–Trinajstić information content (AvgIpc) is 3.03. The van der Waals surface area contributed by atoms with E-state index in [9.17, 15) is 14.7 Å². The lowest BCUT2D eigenvalue weighted by atomic mass is 9.62. The van der Waals surface area contributed by atoms with Gasteiger partial charge in [0.15, 0.2) is 0 Å². The summed E-state index contributed by atoms with van der Waals surface area (Å²) in [5.74, 6) is -0.0229. The standard InChI is InChI=1S/C26H30N2O4/c1-14-9-18-19(26(4,5)8-7-25(18,2)3)12-16(14)17-10-15(21(29)13-22(17)32-6)11-20-23(30)28-24(31)27-20/h9-13,29H,7-8H2,1-6H3,(H2,27,28,30,31)/b20-11+. The topological polar surface area (TPSA) is 87.7 Å². The van der Waals surface area contributed by atoms with E-state index in [-0.39, 0.29) is 22.3 Å². The first-order chi connectivity index (χ1) is 14.9. The minimum absolute atomic E-state index is 0.0378. The predicted octanol–water partition coefficient (Wildman–Crippen LogP) is 4.91. The van der Waals surface area contributed by atoms with Gasteiger partial charge in [-0.05, 0) is 71.1 Å². The first-order valence-corrected chi connectivity index (χ1v) is 10.8. The molecule has 2 aromatic carbocycles. The van der Waals surface area contributed by atoms with Crippen molar-refractivity contribution in [1.29, 1.82) is 0 Å². The van der Waals surface area contributed by atoms with Gasteiger partial charge in [0.25, 0.3) is 5.91 Å². The molecule has 0 unspecified atom stereocenters. The number of aryl methyl sites for hydroxylation is 1. The molecule has 0 spiro atoms. The molecule has 0 atom stereocenters. The highest BCUT2D eigenvalue weighted by atomic mass is 16.5. The van der Waals surface area contributed by atoms with Gasteiger partial charge in [-0.3, -0.25) is 10.1 Å². The summed E-state index contributed by atoms with van der Waals surface area (Å²) >= 11 is 0. The van der Waals surface area contributed by atoms with Gasteiger partial charge in [0.2, 0.25) is 0 Å². The number of amides is 3. The van der Waals surface area contributed by atoms with Crippen molar-refractivity contribution in [3.05, 3.63) is 52.2 Å². The number of hydrogen-bond acceptors (Lipinski definition) is 4. The van der Waals surface area contributed by atoms with Crippen LogP contribution in [0, 0.1) is 6.92 Å². The number of benzene rings is 2. The zero-order valence-electron chi connectivity index (χ0n) is 19.5. The molecule has 2 aromatic rings. The minimum atomic E-state index is -0.579. The third-order valence-electron chi connectivity index (χ3n) is 6.86. The maximum absolute atomic E-state index is 12.0. The van der Waals surface area contributed by atoms with E-state index in [1.807, 2.05) is 0 Å². The van der Waals surface area contributed by atoms with Gasteiger partial charge in [0.1, 0.15) is 17.2 Å². The quantitative estimate of drug-likeness (QED) is 0.473. The summed E-state index contributed by atoms with van der Waals surface area (Å²) < 4.78 is 5.61. The number of phenolic OH excluding ortho intramolecular Hbond substituents is 1. The fourth-order valence-electron chi connectivity index (χ4n) is 4.73. The summed E-state index contributed by atoms with van der Waals surface area (Å²) in [4.78, 5) is 23.4. The van der Waals surface area contributed by atoms with Crippen molar-refractivity contribution in [2.75, 3.05) is 7.11 Å². The third kappa shape index (κ3) is 3.64. The van der Waals surface area contributed by atoms with Gasteiger partial charge >= 0.3 is 6.03 Å². The molecule has 1 fully saturated rings. The van der Waals surface area contributed by atoms with Gasteiger partial charge in [-0.25, -0.2) is 4.79 Å². The summed E-state index contributed by atoms with van der Waals surface area (Å²) in [5.41, 5.74) is 6.32. The van der Waals surface area contributed by atoms with Crippen LogP contribution < -0.4 is 15.4 Å². The summed E-state index contributed by atoms with van der Waals surface area (Å²) in [5, 5.41) is 15.2. The van der Waals surface area contributed by atoms with E-state index < -0.39 is 11.9 Å². The van der Waals surface area contributed by atoms with Gasteiger partial charge < -0.3 is 15.2 Å². The zero-order chi connectivity index (χ0) is 23.4. The maximum atomic E-state index is 12.0. The molecule has 1 aliphatic carbocycles. The number of phenols is 1. The number of aromatic hydroxyl groups is 1. The lowest BCUT2D eigenvalue weighted by molar-refractivity contribution is -0.115. The van der Waals surface area contributed by atoms with Crippen molar-refractivity contribution in [3.8, 4) is 22.6 Å². The molecule has 1 heterocycles. The van der Waals surface area contributed by atoms with Crippen LogP contribution in [0.5, 0.6) is 11.5 Å². The SMILES string of the molecule is COc1cc(O)c(/C=C2/NC(=O)NC2=O)cc1-c1cc2c(cc1C)C(C)(C)CCC2(C)C. The van der Waals surface area contributed by atoms with Crippen LogP contribution in [0.3, 0.4) is 0 Å². The van der Waals surface area contributed by atoms with E-state index in [1.54, 1.807) is 19.2 Å². The van der Waals surface area contributed by atoms with E-state index in [4.69, 9.17) is 4.74 Å². The molecule has 3 N–H and O–H groups in total. The van der Waals surface area contributed by atoms with E-state index in [0.717, 1.165) is 29.5 Å². The predicted molar refractivity (Wildman–Crippen MR) is 125 cm³/mol.